The molecule has 6 nitrogen and oxygen atoms in total. The van der Waals surface area contributed by atoms with Crippen LogP contribution in [0.15, 0.2) is 36.7 Å². The quantitative estimate of drug-likeness (QED) is 0.740. The number of benzene rings is 1. The normalized spacial score (nSPS) is 13.3. The zero-order valence-corrected chi connectivity index (χ0v) is 15.6. The molecule has 2 aromatic rings. The van der Waals surface area contributed by atoms with E-state index in [0.717, 1.165) is 12.1 Å². The van der Waals surface area contributed by atoms with Gasteiger partial charge in [-0.05, 0) is 30.0 Å². The highest BCUT2D eigenvalue weighted by Crippen LogP contribution is 2.13. The van der Waals surface area contributed by atoms with E-state index in [9.17, 15) is 18.4 Å². The first kappa shape index (κ1) is 20.5. The highest BCUT2D eigenvalue weighted by atomic mass is 19.1. The zero-order valence-electron chi connectivity index (χ0n) is 15.6. The molecule has 0 fully saturated rings. The second-order valence-corrected chi connectivity index (χ2v) is 6.87. The smallest absolute Gasteiger partial charge is 0.257 e. The summed E-state index contributed by atoms with van der Waals surface area (Å²) in [6.45, 7) is 6.46. The molecule has 2 rings (SSSR count). The third-order valence-corrected chi connectivity index (χ3v) is 4.11. The average Bonchev–Trinajstić information content (AvgIpc) is 3.10. The van der Waals surface area contributed by atoms with Gasteiger partial charge >= 0.3 is 0 Å². The Labute approximate surface area is 156 Å². The molecule has 146 valence electrons. The van der Waals surface area contributed by atoms with Gasteiger partial charge in [0.2, 0.25) is 5.91 Å². The van der Waals surface area contributed by atoms with Crippen LogP contribution in [-0.2, 0) is 11.3 Å². The van der Waals surface area contributed by atoms with Gasteiger partial charge < -0.3 is 10.6 Å². The Morgan fingerprint density at radius 3 is 2.37 bits per heavy atom. The molecule has 0 saturated carbocycles. The van der Waals surface area contributed by atoms with Crippen molar-refractivity contribution < 1.29 is 18.4 Å². The van der Waals surface area contributed by atoms with E-state index in [4.69, 9.17) is 0 Å². The fourth-order valence-electron chi connectivity index (χ4n) is 2.64. The van der Waals surface area contributed by atoms with Gasteiger partial charge in [0.1, 0.15) is 23.2 Å². The maximum absolute atomic E-state index is 13.8. The third kappa shape index (κ3) is 5.60. The number of hydrogen-bond donors (Lipinski definition) is 2. The van der Waals surface area contributed by atoms with Crippen molar-refractivity contribution in [3.63, 3.8) is 0 Å². The number of amides is 2. The van der Waals surface area contributed by atoms with Gasteiger partial charge in [-0.3, -0.25) is 14.3 Å². The summed E-state index contributed by atoms with van der Waals surface area (Å²) in [7, 11) is 0. The zero-order chi connectivity index (χ0) is 20.0. The molecule has 0 radical (unpaired) electrons. The first-order valence-corrected chi connectivity index (χ1v) is 8.79. The van der Waals surface area contributed by atoms with Crippen LogP contribution in [0, 0.1) is 23.5 Å². The van der Waals surface area contributed by atoms with Gasteiger partial charge in [0, 0.05) is 25.5 Å². The van der Waals surface area contributed by atoms with Crippen LogP contribution in [0.2, 0.25) is 0 Å². The highest BCUT2D eigenvalue weighted by molar-refractivity contribution is 5.98. The molecule has 1 aromatic heterocycles. The average molecular weight is 378 g/mol. The van der Waals surface area contributed by atoms with Gasteiger partial charge in [-0.1, -0.05) is 26.8 Å². The van der Waals surface area contributed by atoms with Gasteiger partial charge in [-0.25, -0.2) is 8.78 Å². The molecule has 8 heteroatoms. The minimum Gasteiger partial charge on any atom is -0.354 e. The van der Waals surface area contributed by atoms with Crippen molar-refractivity contribution in [1.29, 1.82) is 0 Å². The standard InChI is InChI=1S/C19H24F2N4O2/c1-12(2)17(24-18(26)16-14(20)6-4-7-15(16)21)19(27)22-10-13(3)11-25-9-5-8-23-25/h4-9,12-13,17H,10-11H2,1-3H3,(H,22,27)(H,24,26). The van der Waals surface area contributed by atoms with Crippen molar-refractivity contribution in [3.05, 3.63) is 53.9 Å². The highest BCUT2D eigenvalue weighted by Gasteiger charge is 2.27. The van der Waals surface area contributed by atoms with Crippen LogP contribution < -0.4 is 10.6 Å². The molecular formula is C19H24F2N4O2. The Morgan fingerprint density at radius 1 is 1.15 bits per heavy atom. The lowest BCUT2D eigenvalue weighted by Gasteiger charge is -2.23. The third-order valence-electron chi connectivity index (χ3n) is 4.11. The molecule has 0 aliphatic heterocycles. The fraction of sp³-hybridized carbons (Fsp3) is 0.421. The second-order valence-electron chi connectivity index (χ2n) is 6.87. The summed E-state index contributed by atoms with van der Waals surface area (Å²) in [4.78, 5) is 24.8. The van der Waals surface area contributed by atoms with Gasteiger partial charge in [-0.2, -0.15) is 5.10 Å². The van der Waals surface area contributed by atoms with Crippen molar-refractivity contribution in [3.8, 4) is 0 Å². The molecule has 2 N–H and O–H groups in total. The number of nitrogens with zero attached hydrogens (tertiary/aromatic N) is 2. The maximum atomic E-state index is 13.8. The number of rotatable bonds is 8. The molecular weight excluding hydrogens is 354 g/mol. The Hall–Kier alpha value is -2.77. The topological polar surface area (TPSA) is 76.0 Å². The van der Waals surface area contributed by atoms with E-state index in [1.54, 1.807) is 24.7 Å². The first-order chi connectivity index (χ1) is 12.8. The predicted octanol–water partition coefficient (Wildman–Crippen LogP) is 2.37. The predicted molar refractivity (Wildman–Crippen MR) is 96.9 cm³/mol. The Bertz CT molecular complexity index is 758. The summed E-state index contributed by atoms with van der Waals surface area (Å²) in [5.41, 5.74) is -0.692. The van der Waals surface area contributed by atoms with E-state index >= 15 is 0 Å². The SMILES string of the molecule is CC(CNC(=O)C(NC(=O)c1c(F)cccc1F)C(C)C)Cn1cccn1. The van der Waals surface area contributed by atoms with Crippen LogP contribution in [0.1, 0.15) is 31.1 Å². The Kier molecular flexibility index (Phi) is 7.04. The largest absolute Gasteiger partial charge is 0.354 e. The maximum Gasteiger partial charge on any atom is 0.257 e. The number of hydrogen-bond acceptors (Lipinski definition) is 3. The second kappa shape index (κ2) is 9.25. The summed E-state index contributed by atoms with van der Waals surface area (Å²) < 4.78 is 29.3. The lowest BCUT2D eigenvalue weighted by atomic mass is 10.0. The summed E-state index contributed by atoms with van der Waals surface area (Å²) in [5, 5.41) is 9.33. The number of nitrogens with one attached hydrogen (secondary N) is 2. The van der Waals surface area contributed by atoms with E-state index in [1.165, 1.54) is 6.07 Å². The lowest BCUT2D eigenvalue weighted by Crippen LogP contribution is -2.50. The van der Waals surface area contributed by atoms with Crippen LogP contribution in [0.4, 0.5) is 8.78 Å². The molecule has 2 amide bonds. The lowest BCUT2D eigenvalue weighted by molar-refractivity contribution is -0.124. The summed E-state index contributed by atoms with van der Waals surface area (Å²) in [6, 6.07) is 4.08. The Balaban J connectivity index is 1.97. The van der Waals surface area contributed by atoms with Gasteiger partial charge in [0.15, 0.2) is 0 Å². The fourth-order valence-corrected chi connectivity index (χ4v) is 2.64. The molecule has 0 aliphatic rings. The van der Waals surface area contributed by atoms with Crippen molar-refractivity contribution in [2.75, 3.05) is 6.54 Å². The molecule has 27 heavy (non-hydrogen) atoms. The van der Waals surface area contributed by atoms with Crippen LogP contribution in [0.5, 0.6) is 0 Å². The monoisotopic (exact) mass is 378 g/mol. The van der Waals surface area contributed by atoms with Crippen LogP contribution in [-0.4, -0.2) is 34.2 Å². The number of carbonyl (C=O) groups is 2. The van der Waals surface area contributed by atoms with Gasteiger partial charge in [-0.15, -0.1) is 0 Å². The van der Waals surface area contributed by atoms with E-state index < -0.39 is 35.1 Å². The van der Waals surface area contributed by atoms with Crippen LogP contribution >= 0.6 is 0 Å². The molecule has 0 aliphatic carbocycles. The van der Waals surface area contributed by atoms with E-state index in [2.05, 4.69) is 15.7 Å². The minimum atomic E-state index is -0.969. The first-order valence-electron chi connectivity index (χ1n) is 8.79. The van der Waals surface area contributed by atoms with Crippen LogP contribution in [0.25, 0.3) is 0 Å². The van der Waals surface area contributed by atoms with Crippen molar-refractivity contribution >= 4 is 11.8 Å². The summed E-state index contributed by atoms with van der Waals surface area (Å²) >= 11 is 0. The molecule has 1 aromatic carbocycles. The minimum absolute atomic E-state index is 0.112. The molecule has 0 bridgehead atoms. The molecule has 1 heterocycles. The van der Waals surface area contributed by atoms with Crippen LogP contribution in [0.3, 0.4) is 0 Å². The molecule has 0 saturated heterocycles. The van der Waals surface area contributed by atoms with E-state index in [0.29, 0.717) is 13.1 Å². The number of carbonyl (C=O) groups excluding carboxylic acids is 2. The summed E-state index contributed by atoms with van der Waals surface area (Å²) in [5.74, 6) is -3.44. The molecule has 2 unspecified atom stereocenters. The Morgan fingerprint density at radius 2 is 1.81 bits per heavy atom. The molecule has 2 atom stereocenters. The van der Waals surface area contributed by atoms with Crippen molar-refractivity contribution in [2.45, 2.75) is 33.4 Å². The van der Waals surface area contributed by atoms with Gasteiger partial charge in [0.05, 0.1) is 0 Å². The van der Waals surface area contributed by atoms with E-state index in [-0.39, 0.29) is 11.8 Å². The number of aromatic nitrogens is 2. The van der Waals surface area contributed by atoms with E-state index in [1.807, 2.05) is 19.2 Å². The van der Waals surface area contributed by atoms with Crippen molar-refractivity contribution in [2.24, 2.45) is 11.8 Å². The molecule has 0 spiro atoms. The van der Waals surface area contributed by atoms with Gasteiger partial charge in [0.25, 0.3) is 5.91 Å². The van der Waals surface area contributed by atoms with Crippen molar-refractivity contribution in [1.82, 2.24) is 20.4 Å². The summed E-state index contributed by atoms with van der Waals surface area (Å²) in [6.07, 6.45) is 3.51. The number of halogens is 2.